The van der Waals surface area contributed by atoms with Crippen LogP contribution in [-0.4, -0.2) is 29.2 Å². The Labute approximate surface area is 156 Å². The molecule has 1 aromatic heterocycles. The van der Waals surface area contributed by atoms with E-state index < -0.39 is 61.9 Å². The molecule has 0 saturated heterocycles. The van der Waals surface area contributed by atoms with E-state index in [1.165, 1.54) is 13.1 Å². The molecule has 1 aromatic carbocycles. The summed E-state index contributed by atoms with van der Waals surface area (Å²) in [5, 5.41) is 15.3. The topological polar surface area (TPSA) is 81.6 Å². The minimum absolute atomic E-state index is 0.330. The Bertz CT molecular complexity index is 958. The molecule has 0 atom stereocenters. The number of Topliss-reactive ketones (excluding diaryl/α,β-unsaturated/α-hetero) is 1. The summed E-state index contributed by atoms with van der Waals surface area (Å²) in [6.07, 6.45) is -10.3. The number of benzene rings is 1. The van der Waals surface area contributed by atoms with Gasteiger partial charge in [-0.2, -0.15) is 36.7 Å². The number of rotatable bonds is 3. The van der Waals surface area contributed by atoms with Crippen LogP contribution in [0.25, 0.3) is 11.3 Å². The lowest BCUT2D eigenvalue weighted by molar-refractivity contribution is -0.137. The smallest absolute Gasteiger partial charge is 0.373 e. The second kappa shape index (κ2) is 6.94. The van der Waals surface area contributed by atoms with E-state index in [1.54, 1.807) is 0 Å². The van der Waals surface area contributed by atoms with Crippen molar-refractivity contribution in [2.24, 2.45) is 0 Å². The van der Waals surface area contributed by atoms with Crippen LogP contribution in [0.4, 0.5) is 32.2 Å². The number of carbonyl (C=O) groups excluding carboxylic acids is 1. The molecule has 0 saturated carbocycles. The Morgan fingerprint density at radius 1 is 1.26 bits per heavy atom. The predicted octanol–water partition coefficient (Wildman–Crippen LogP) is 5.06. The van der Waals surface area contributed by atoms with Crippen molar-refractivity contribution in [1.82, 2.24) is 10.2 Å². The zero-order valence-corrected chi connectivity index (χ0v) is 14.4. The quantitative estimate of drug-likeness (QED) is 0.526. The summed E-state index contributed by atoms with van der Waals surface area (Å²) < 4.78 is 77.9. The number of anilines is 1. The fourth-order valence-corrected chi connectivity index (χ4v) is 2.91. The highest BCUT2D eigenvalue weighted by molar-refractivity contribution is 6.40. The highest BCUT2D eigenvalue weighted by Crippen LogP contribution is 2.45. The number of nitrogens with zero attached hydrogens (tertiary/aromatic N) is 2. The summed E-state index contributed by atoms with van der Waals surface area (Å²) in [5.41, 5.74) is -4.94. The third-order valence-corrected chi connectivity index (χ3v) is 4.05. The van der Waals surface area contributed by atoms with E-state index >= 15 is 0 Å². The van der Waals surface area contributed by atoms with Crippen LogP contribution in [0.2, 0.25) is 10.0 Å². The van der Waals surface area contributed by atoms with Crippen LogP contribution in [-0.2, 0) is 6.18 Å². The van der Waals surface area contributed by atoms with Crippen molar-refractivity contribution < 1.29 is 31.1 Å². The average Bonchev–Trinajstić information content (AvgIpc) is 2.95. The summed E-state index contributed by atoms with van der Waals surface area (Å²) in [5.74, 6) is -2.79. The number of hydrogen-bond acceptors (Lipinski definition) is 4. The van der Waals surface area contributed by atoms with Crippen molar-refractivity contribution in [2.45, 2.75) is 12.4 Å². The monoisotopic (exact) mass is 430 g/mol. The van der Waals surface area contributed by atoms with E-state index in [0.29, 0.717) is 6.07 Å². The number of ketones is 1. The second-order valence-corrected chi connectivity index (χ2v) is 5.76. The number of nitriles is 1. The van der Waals surface area contributed by atoms with E-state index in [0.717, 1.165) is 0 Å². The number of alkyl halides is 6. The molecule has 0 aliphatic heterocycles. The minimum Gasteiger partial charge on any atom is -0.373 e. The number of aromatic nitrogens is 2. The van der Waals surface area contributed by atoms with Gasteiger partial charge in [0, 0.05) is 12.6 Å². The number of carbonyl (C=O) groups is 1. The van der Waals surface area contributed by atoms with E-state index in [4.69, 9.17) is 28.5 Å². The minimum atomic E-state index is -5.31. The van der Waals surface area contributed by atoms with Crippen LogP contribution >= 0.6 is 23.2 Å². The van der Waals surface area contributed by atoms with Gasteiger partial charge in [0.2, 0.25) is 0 Å². The molecule has 27 heavy (non-hydrogen) atoms. The van der Waals surface area contributed by atoms with Crippen molar-refractivity contribution in [3.05, 3.63) is 32.8 Å². The maximum Gasteiger partial charge on any atom is 0.455 e. The fraction of sp³-hybridized carbons (Fsp3) is 0.214. The number of hydrogen-bond donors (Lipinski definition) is 2. The normalized spacial score (nSPS) is 12.0. The molecule has 0 bridgehead atoms. The third kappa shape index (κ3) is 3.68. The van der Waals surface area contributed by atoms with Crippen molar-refractivity contribution in [3.63, 3.8) is 0 Å². The van der Waals surface area contributed by atoms with Crippen molar-refractivity contribution in [2.75, 3.05) is 12.4 Å². The van der Waals surface area contributed by atoms with E-state index in [9.17, 15) is 31.1 Å². The highest BCUT2D eigenvalue weighted by atomic mass is 35.5. The summed E-state index contributed by atoms with van der Waals surface area (Å²) in [6.45, 7) is 0. The van der Waals surface area contributed by atoms with Crippen LogP contribution in [0.1, 0.15) is 21.5 Å². The molecular weight excluding hydrogens is 425 g/mol. The number of halogens is 8. The van der Waals surface area contributed by atoms with Crippen LogP contribution in [0, 0.1) is 11.3 Å². The molecule has 0 radical (unpaired) electrons. The van der Waals surface area contributed by atoms with Crippen LogP contribution in [0.3, 0.4) is 0 Å². The molecule has 144 valence electrons. The molecule has 5 nitrogen and oxygen atoms in total. The van der Waals surface area contributed by atoms with Gasteiger partial charge >= 0.3 is 12.4 Å². The van der Waals surface area contributed by atoms with Gasteiger partial charge < -0.3 is 5.32 Å². The fourth-order valence-electron chi connectivity index (χ4n) is 2.24. The maximum absolute atomic E-state index is 13.0. The largest absolute Gasteiger partial charge is 0.455 e. The first-order chi connectivity index (χ1) is 12.3. The van der Waals surface area contributed by atoms with Gasteiger partial charge in [-0.3, -0.25) is 9.89 Å². The lowest BCUT2D eigenvalue weighted by Crippen LogP contribution is -2.24. The zero-order valence-electron chi connectivity index (χ0n) is 12.9. The molecule has 1 heterocycles. The van der Waals surface area contributed by atoms with Crippen molar-refractivity contribution in [1.29, 1.82) is 5.26 Å². The molecule has 0 aliphatic rings. The number of nitrogens with one attached hydrogen (secondary N) is 2. The SMILES string of the molecule is CNc1[nH]nc(-c2c(Cl)cc(C(F)(F)F)c(C#N)c2Cl)c1C(=O)C(F)(F)F. The van der Waals surface area contributed by atoms with Gasteiger partial charge in [-0.1, -0.05) is 23.2 Å². The number of aromatic amines is 1. The van der Waals surface area contributed by atoms with Gasteiger partial charge in [-0.25, -0.2) is 0 Å². The standard InChI is InChI=1S/C14H6Cl2F6N4O/c1-24-12-8(11(27)14(20,21)22)10(25-26-12)7-6(15)2-5(13(17,18)19)4(3-23)9(7)16/h2H,1H3,(H2,24,25,26). The Hall–Kier alpha value is -2.45. The first kappa shape index (κ1) is 20.9. The summed E-state index contributed by atoms with van der Waals surface area (Å²) in [4.78, 5) is 11.7. The lowest BCUT2D eigenvalue weighted by atomic mass is 9.98. The summed E-state index contributed by atoms with van der Waals surface area (Å²) in [6, 6.07) is 1.57. The molecule has 2 rings (SSSR count). The molecule has 2 N–H and O–H groups in total. The van der Waals surface area contributed by atoms with Crippen molar-refractivity contribution >= 4 is 34.8 Å². The summed E-state index contributed by atoms with van der Waals surface area (Å²) in [7, 11) is 1.18. The van der Waals surface area contributed by atoms with Gasteiger partial charge in [0.05, 0.1) is 26.7 Å². The molecule has 13 heteroatoms. The molecule has 0 aliphatic carbocycles. The second-order valence-electron chi connectivity index (χ2n) is 4.98. The molecule has 0 unspecified atom stereocenters. The third-order valence-electron chi connectivity index (χ3n) is 3.37. The van der Waals surface area contributed by atoms with Crippen LogP contribution in [0.5, 0.6) is 0 Å². The van der Waals surface area contributed by atoms with Gasteiger partial charge in [0.15, 0.2) is 0 Å². The Morgan fingerprint density at radius 3 is 2.30 bits per heavy atom. The van der Waals surface area contributed by atoms with Crippen molar-refractivity contribution in [3.8, 4) is 17.3 Å². The first-order valence-corrected chi connectivity index (χ1v) is 7.47. The highest BCUT2D eigenvalue weighted by Gasteiger charge is 2.44. The first-order valence-electron chi connectivity index (χ1n) is 6.71. The Balaban J connectivity index is 2.88. The predicted molar refractivity (Wildman–Crippen MR) is 83.7 cm³/mol. The lowest BCUT2D eigenvalue weighted by Gasteiger charge is -2.15. The molecule has 0 spiro atoms. The van der Waals surface area contributed by atoms with Gasteiger partial charge in [-0.05, 0) is 6.07 Å². The molecular formula is C14H6Cl2F6N4O. The van der Waals surface area contributed by atoms with E-state index in [-0.39, 0.29) is 0 Å². The van der Waals surface area contributed by atoms with E-state index in [2.05, 4.69) is 15.5 Å². The Kier molecular flexibility index (Phi) is 5.36. The van der Waals surface area contributed by atoms with E-state index in [1.807, 2.05) is 0 Å². The summed E-state index contributed by atoms with van der Waals surface area (Å²) >= 11 is 11.6. The van der Waals surface area contributed by atoms with Gasteiger partial charge in [0.25, 0.3) is 5.78 Å². The van der Waals surface area contributed by atoms with Crippen LogP contribution in [0.15, 0.2) is 6.07 Å². The molecule has 0 fully saturated rings. The van der Waals surface area contributed by atoms with Gasteiger partial charge in [-0.15, -0.1) is 0 Å². The number of H-pyrrole nitrogens is 1. The zero-order chi connectivity index (χ0) is 20.7. The Morgan fingerprint density at radius 2 is 1.85 bits per heavy atom. The molecule has 0 amide bonds. The van der Waals surface area contributed by atoms with Gasteiger partial charge in [0.1, 0.15) is 17.6 Å². The van der Waals surface area contributed by atoms with Crippen LogP contribution < -0.4 is 5.32 Å². The maximum atomic E-state index is 13.0. The average molecular weight is 431 g/mol. The molecule has 2 aromatic rings.